The minimum absolute atomic E-state index is 0.0165. The Morgan fingerprint density at radius 1 is 1.04 bits per heavy atom. The molecule has 5 nitrogen and oxygen atoms in total. The molecule has 0 saturated carbocycles. The van der Waals surface area contributed by atoms with Crippen molar-refractivity contribution in [1.29, 1.82) is 0 Å². The second-order valence-corrected chi connectivity index (χ2v) is 6.69. The van der Waals surface area contributed by atoms with Crippen LogP contribution in [0.4, 0.5) is 10.1 Å². The lowest BCUT2D eigenvalue weighted by atomic mass is 10.0. The van der Waals surface area contributed by atoms with Crippen LogP contribution in [0.2, 0.25) is 0 Å². The van der Waals surface area contributed by atoms with Gasteiger partial charge in [0, 0.05) is 0 Å². The molecule has 2 aromatic rings. The van der Waals surface area contributed by atoms with Crippen molar-refractivity contribution < 1.29 is 18.8 Å². The van der Waals surface area contributed by atoms with Crippen LogP contribution in [0.3, 0.4) is 0 Å². The summed E-state index contributed by atoms with van der Waals surface area (Å²) in [5, 5.41) is 2.50. The minimum atomic E-state index is -1.04. The van der Waals surface area contributed by atoms with Gasteiger partial charge in [-0.2, -0.15) is 0 Å². The van der Waals surface area contributed by atoms with Crippen LogP contribution in [-0.2, 0) is 4.79 Å². The summed E-state index contributed by atoms with van der Waals surface area (Å²) in [5.74, 6) is -2.53. The summed E-state index contributed by atoms with van der Waals surface area (Å²) >= 11 is 0. The molecule has 2 aromatic carbocycles. The second kappa shape index (κ2) is 6.71. The van der Waals surface area contributed by atoms with Crippen LogP contribution in [0, 0.1) is 18.7 Å². The van der Waals surface area contributed by atoms with Crippen LogP contribution in [0.25, 0.3) is 0 Å². The van der Waals surface area contributed by atoms with Crippen molar-refractivity contribution in [2.75, 3.05) is 5.32 Å². The molecule has 1 unspecified atom stereocenters. The highest BCUT2D eigenvalue weighted by molar-refractivity contribution is 6.23. The molecule has 0 saturated heterocycles. The van der Waals surface area contributed by atoms with E-state index in [9.17, 15) is 18.8 Å². The summed E-state index contributed by atoms with van der Waals surface area (Å²) in [5.41, 5.74) is 1.29. The number of amides is 3. The number of carbonyl (C=O) groups is 3. The highest BCUT2D eigenvalue weighted by Gasteiger charge is 2.43. The number of benzene rings is 2. The summed E-state index contributed by atoms with van der Waals surface area (Å²) in [7, 11) is 0. The van der Waals surface area contributed by atoms with Gasteiger partial charge < -0.3 is 5.32 Å². The molecule has 0 radical (unpaired) electrons. The maximum atomic E-state index is 14.1. The summed E-state index contributed by atoms with van der Waals surface area (Å²) < 4.78 is 14.1. The molecule has 1 heterocycles. The lowest BCUT2D eigenvalue weighted by molar-refractivity contribution is -0.121. The molecule has 0 aliphatic carbocycles. The van der Waals surface area contributed by atoms with Gasteiger partial charge in [-0.15, -0.1) is 0 Å². The van der Waals surface area contributed by atoms with E-state index in [0.717, 1.165) is 10.5 Å². The van der Waals surface area contributed by atoms with E-state index in [2.05, 4.69) is 5.32 Å². The van der Waals surface area contributed by atoms with Crippen LogP contribution in [0.15, 0.2) is 42.5 Å². The van der Waals surface area contributed by atoms with Crippen molar-refractivity contribution >= 4 is 23.4 Å². The van der Waals surface area contributed by atoms with Crippen LogP contribution in [0.5, 0.6) is 0 Å². The Labute approximate surface area is 150 Å². The van der Waals surface area contributed by atoms with Gasteiger partial charge in [0.15, 0.2) is 0 Å². The number of aryl methyl sites for hydroxylation is 1. The van der Waals surface area contributed by atoms with E-state index >= 15 is 0 Å². The van der Waals surface area contributed by atoms with Gasteiger partial charge in [-0.1, -0.05) is 32.0 Å². The standard InChI is InChI=1S/C20H19FN2O3/c1-11(2)17(18(24)22-16-9-8-12(3)10-15(16)21)23-19(25)13-6-4-5-7-14(13)20(23)26/h4-11,17H,1-3H3,(H,22,24). The fourth-order valence-electron chi connectivity index (χ4n) is 3.11. The Hall–Kier alpha value is -3.02. The summed E-state index contributed by atoms with van der Waals surface area (Å²) in [6.45, 7) is 5.21. The summed E-state index contributed by atoms with van der Waals surface area (Å²) in [6, 6.07) is 9.85. The first kappa shape index (κ1) is 17.8. The van der Waals surface area contributed by atoms with Gasteiger partial charge in [-0.3, -0.25) is 19.3 Å². The van der Waals surface area contributed by atoms with Crippen LogP contribution in [0.1, 0.15) is 40.1 Å². The van der Waals surface area contributed by atoms with E-state index in [-0.39, 0.29) is 22.7 Å². The molecule has 3 rings (SSSR count). The smallest absolute Gasteiger partial charge is 0.262 e. The zero-order valence-electron chi connectivity index (χ0n) is 14.7. The van der Waals surface area contributed by atoms with E-state index in [1.165, 1.54) is 12.1 Å². The van der Waals surface area contributed by atoms with Gasteiger partial charge in [0.1, 0.15) is 11.9 Å². The lowest BCUT2D eigenvalue weighted by Crippen LogP contribution is -2.50. The number of imide groups is 1. The number of halogens is 1. The molecule has 0 spiro atoms. The Balaban J connectivity index is 1.92. The lowest BCUT2D eigenvalue weighted by Gasteiger charge is -2.28. The van der Waals surface area contributed by atoms with Gasteiger partial charge >= 0.3 is 0 Å². The molecule has 6 heteroatoms. The third-order valence-corrected chi connectivity index (χ3v) is 4.39. The zero-order chi connectivity index (χ0) is 19.0. The average Bonchev–Trinajstić information content (AvgIpc) is 2.83. The number of fused-ring (bicyclic) bond motifs is 1. The van der Waals surface area contributed by atoms with Crippen molar-refractivity contribution in [2.24, 2.45) is 5.92 Å². The number of hydrogen-bond donors (Lipinski definition) is 1. The van der Waals surface area contributed by atoms with Gasteiger partial charge in [0.2, 0.25) is 5.91 Å². The molecule has 0 aromatic heterocycles. The summed E-state index contributed by atoms with van der Waals surface area (Å²) in [4.78, 5) is 39.1. The Morgan fingerprint density at radius 3 is 2.12 bits per heavy atom. The molecule has 0 bridgehead atoms. The number of rotatable bonds is 4. The van der Waals surface area contributed by atoms with E-state index in [1.807, 2.05) is 0 Å². The van der Waals surface area contributed by atoms with Crippen molar-refractivity contribution in [1.82, 2.24) is 4.90 Å². The molecule has 134 valence electrons. The van der Waals surface area contributed by atoms with Crippen molar-refractivity contribution in [2.45, 2.75) is 26.8 Å². The van der Waals surface area contributed by atoms with E-state index in [0.29, 0.717) is 0 Å². The largest absolute Gasteiger partial charge is 0.322 e. The molecule has 1 aliphatic rings. The molecular weight excluding hydrogens is 335 g/mol. The number of nitrogens with one attached hydrogen (secondary N) is 1. The van der Waals surface area contributed by atoms with Gasteiger partial charge in [-0.05, 0) is 42.7 Å². The van der Waals surface area contributed by atoms with Crippen LogP contribution >= 0.6 is 0 Å². The molecule has 1 N–H and O–H groups in total. The fourth-order valence-corrected chi connectivity index (χ4v) is 3.11. The summed E-state index contributed by atoms with van der Waals surface area (Å²) in [6.07, 6.45) is 0. The first-order valence-electron chi connectivity index (χ1n) is 8.35. The number of hydrogen-bond acceptors (Lipinski definition) is 3. The first-order chi connectivity index (χ1) is 12.3. The number of anilines is 1. The van der Waals surface area contributed by atoms with Crippen LogP contribution in [-0.4, -0.2) is 28.7 Å². The highest BCUT2D eigenvalue weighted by atomic mass is 19.1. The average molecular weight is 354 g/mol. The first-order valence-corrected chi connectivity index (χ1v) is 8.35. The Bertz CT molecular complexity index is 873. The van der Waals surface area contributed by atoms with E-state index in [1.54, 1.807) is 51.1 Å². The maximum Gasteiger partial charge on any atom is 0.262 e. The monoisotopic (exact) mass is 354 g/mol. The Morgan fingerprint density at radius 2 is 1.62 bits per heavy atom. The normalized spacial score (nSPS) is 14.6. The van der Waals surface area contributed by atoms with Gasteiger partial charge in [0.25, 0.3) is 11.8 Å². The van der Waals surface area contributed by atoms with Crippen molar-refractivity contribution in [3.8, 4) is 0 Å². The molecule has 1 atom stereocenters. The molecule has 3 amide bonds. The van der Waals surface area contributed by atoms with Gasteiger partial charge in [-0.25, -0.2) is 4.39 Å². The second-order valence-electron chi connectivity index (χ2n) is 6.69. The van der Waals surface area contributed by atoms with Crippen LogP contribution < -0.4 is 5.32 Å². The number of carbonyl (C=O) groups excluding carboxylic acids is 3. The molecule has 1 aliphatic heterocycles. The quantitative estimate of drug-likeness (QED) is 0.856. The molecule has 0 fully saturated rings. The Kier molecular flexibility index (Phi) is 4.59. The minimum Gasteiger partial charge on any atom is -0.322 e. The predicted molar refractivity (Wildman–Crippen MR) is 95.3 cm³/mol. The maximum absolute atomic E-state index is 14.1. The third-order valence-electron chi connectivity index (χ3n) is 4.39. The van der Waals surface area contributed by atoms with Crippen molar-refractivity contribution in [3.63, 3.8) is 0 Å². The topological polar surface area (TPSA) is 66.5 Å². The predicted octanol–water partition coefficient (Wildman–Crippen LogP) is 3.39. The van der Waals surface area contributed by atoms with Gasteiger partial charge in [0.05, 0.1) is 16.8 Å². The van der Waals surface area contributed by atoms with E-state index in [4.69, 9.17) is 0 Å². The number of nitrogens with zero attached hydrogens (tertiary/aromatic N) is 1. The molecule has 26 heavy (non-hydrogen) atoms. The SMILES string of the molecule is Cc1ccc(NC(=O)C(C(C)C)N2C(=O)c3ccccc3C2=O)c(F)c1. The highest BCUT2D eigenvalue weighted by Crippen LogP contribution is 2.28. The fraction of sp³-hybridized carbons (Fsp3) is 0.250. The third kappa shape index (κ3) is 2.98. The molecular formula is C20H19FN2O3. The zero-order valence-corrected chi connectivity index (χ0v) is 14.7. The van der Waals surface area contributed by atoms with E-state index < -0.39 is 29.6 Å². The van der Waals surface area contributed by atoms with Crippen molar-refractivity contribution in [3.05, 3.63) is 65.0 Å².